The second-order valence-electron chi connectivity index (χ2n) is 11.1. The topological polar surface area (TPSA) is 31.4 Å². The van der Waals surface area contributed by atoms with E-state index in [1.807, 2.05) is 36.4 Å². The third-order valence-corrected chi connectivity index (χ3v) is 8.59. The number of ether oxygens (including phenoxy) is 1. The lowest BCUT2D eigenvalue weighted by atomic mass is 9.93. The van der Waals surface area contributed by atoms with Crippen LogP contribution in [0.5, 0.6) is 11.5 Å². The smallest absolute Gasteiger partial charge is 0.195 e. The Balaban J connectivity index is 1.35. The number of benzene rings is 6. The molecule has 3 heterocycles. The number of hydrogen-bond acceptors (Lipinski definition) is 2. The number of pyridine rings is 1. The van der Waals surface area contributed by atoms with Crippen LogP contribution in [0.15, 0.2) is 140 Å². The SMILES string of the molecule is [C-]#[N+]c1ccc2c3c(cccc13)-c1cc3c4ccccc4n(-c4cc(-c5ccccc5)nc(-c5ccccc5)c4)c3cc1O2. The van der Waals surface area contributed by atoms with Crippen molar-refractivity contribution in [3.05, 3.63) is 151 Å². The van der Waals surface area contributed by atoms with Crippen molar-refractivity contribution in [2.24, 2.45) is 0 Å². The summed E-state index contributed by atoms with van der Waals surface area (Å²) in [5.41, 5.74) is 9.92. The minimum absolute atomic E-state index is 0.636. The van der Waals surface area contributed by atoms with Crippen LogP contribution in [-0.2, 0) is 0 Å². The number of para-hydroxylation sites is 1. The van der Waals surface area contributed by atoms with Crippen LogP contribution in [0.4, 0.5) is 5.69 Å². The summed E-state index contributed by atoms with van der Waals surface area (Å²) in [6, 6.07) is 48.0. The van der Waals surface area contributed by atoms with Crippen molar-refractivity contribution in [3.63, 3.8) is 0 Å². The summed E-state index contributed by atoms with van der Waals surface area (Å²) in [4.78, 5) is 8.88. The number of fused-ring (bicyclic) bond motifs is 5. The van der Waals surface area contributed by atoms with Gasteiger partial charge in [-0.2, -0.15) is 0 Å². The molecule has 4 nitrogen and oxygen atoms in total. The molecule has 0 bridgehead atoms. The van der Waals surface area contributed by atoms with Crippen LogP contribution in [0.25, 0.3) is 76.8 Å². The van der Waals surface area contributed by atoms with E-state index in [1.165, 1.54) is 0 Å². The molecule has 0 saturated heterocycles. The van der Waals surface area contributed by atoms with Crippen molar-refractivity contribution in [2.75, 3.05) is 0 Å². The summed E-state index contributed by atoms with van der Waals surface area (Å²) in [7, 11) is 0. The van der Waals surface area contributed by atoms with E-state index in [9.17, 15) is 0 Å². The Labute approximate surface area is 253 Å². The maximum Gasteiger partial charge on any atom is 0.195 e. The number of nitrogens with zero attached hydrogens (tertiary/aromatic N) is 3. The van der Waals surface area contributed by atoms with Gasteiger partial charge in [-0.3, -0.25) is 0 Å². The first-order valence-electron chi connectivity index (χ1n) is 14.6. The molecule has 204 valence electrons. The second kappa shape index (κ2) is 9.42. The molecule has 1 aliphatic rings. The van der Waals surface area contributed by atoms with E-state index >= 15 is 0 Å². The number of aromatic nitrogens is 2. The van der Waals surface area contributed by atoms with Gasteiger partial charge in [-0.25, -0.2) is 9.83 Å². The minimum atomic E-state index is 0.636. The van der Waals surface area contributed by atoms with Crippen LogP contribution in [0.1, 0.15) is 0 Å². The van der Waals surface area contributed by atoms with Crippen molar-refractivity contribution < 1.29 is 4.74 Å². The molecule has 9 rings (SSSR count). The molecule has 1 aliphatic heterocycles. The summed E-state index contributed by atoms with van der Waals surface area (Å²) >= 11 is 0. The molecule has 0 unspecified atom stereocenters. The van der Waals surface area contributed by atoms with E-state index in [4.69, 9.17) is 16.3 Å². The highest BCUT2D eigenvalue weighted by Crippen LogP contribution is 2.50. The van der Waals surface area contributed by atoms with Gasteiger partial charge in [0.05, 0.1) is 34.7 Å². The monoisotopic (exact) mass is 561 g/mol. The van der Waals surface area contributed by atoms with Gasteiger partial charge in [-0.15, -0.1) is 0 Å². The predicted molar refractivity (Wildman–Crippen MR) is 179 cm³/mol. The Morgan fingerprint density at radius 1 is 0.545 bits per heavy atom. The molecule has 0 saturated carbocycles. The molecule has 8 aromatic rings. The molecule has 2 aromatic heterocycles. The molecule has 0 N–H and O–H groups in total. The molecular weight excluding hydrogens is 538 g/mol. The van der Waals surface area contributed by atoms with Gasteiger partial charge in [0.1, 0.15) is 11.5 Å². The molecule has 0 radical (unpaired) electrons. The summed E-state index contributed by atoms with van der Waals surface area (Å²) < 4.78 is 8.93. The van der Waals surface area contributed by atoms with E-state index in [-0.39, 0.29) is 0 Å². The molecule has 0 atom stereocenters. The number of hydrogen-bond donors (Lipinski definition) is 0. The van der Waals surface area contributed by atoms with Crippen molar-refractivity contribution in [3.8, 4) is 50.8 Å². The second-order valence-corrected chi connectivity index (χ2v) is 11.1. The van der Waals surface area contributed by atoms with Crippen LogP contribution in [0, 0.1) is 6.57 Å². The van der Waals surface area contributed by atoms with Crippen molar-refractivity contribution in [1.82, 2.24) is 9.55 Å². The molecule has 0 amide bonds. The van der Waals surface area contributed by atoms with Crippen molar-refractivity contribution in [1.29, 1.82) is 0 Å². The Kier molecular flexibility index (Phi) is 5.23. The zero-order chi connectivity index (χ0) is 29.2. The fourth-order valence-electron chi connectivity index (χ4n) is 6.61. The Hall–Kier alpha value is -6.18. The Bertz CT molecular complexity index is 2410. The van der Waals surface area contributed by atoms with Gasteiger partial charge in [0.15, 0.2) is 5.69 Å². The zero-order valence-corrected chi connectivity index (χ0v) is 23.5. The first-order chi connectivity index (χ1) is 21.8. The van der Waals surface area contributed by atoms with E-state index in [0.717, 1.165) is 83.4 Å². The molecule has 6 aromatic carbocycles. The van der Waals surface area contributed by atoms with Crippen molar-refractivity contribution >= 4 is 38.3 Å². The standard InChI is InChI=1S/C40H23N3O/c1-41-33-19-20-38-40-29(16-10-17-30(33)40)32-23-31-28-15-8-9-18-36(28)43(37(31)24-39(32)44-38)27-21-34(25-11-4-2-5-12-25)42-35(22-27)26-13-6-3-7-14-26/h2-24H. The Morgan fingerprint density at radius 3 is 1.95 bits per heavy atom. The van der Waals surface area contributed by atoms with Crippen LogP contribution in [0.2, 0.25) is 0 Å². The van der Waals surface area contributed by atoms with E-state index in [2.05, 4.69) is 113 Å². The Morgan fingerprint density at radius 2 is 1.23 bits per heavy atom. The zero-order valence-electron chi connectivity index (χ0n) is 23.5. The molecule has 0 aliphatic carbocycles. The highest BCUT2D eigenvalue weighted by atomic mass is 16.5. The van der Waals surface area contributed by atoms with E-state index in [1.54, 1.807) is 0 Å². The average molecular weight is 562 g/mol. The molecule has 4 heteroatoms. The maximum atomic E-state index is 7.69. The highest BCUT2D eigenvalue weighted by molar-refractivity contribution is 6.15. The third-order valence-electron chi connectivity index (χ3n) is 8.59. The first-order valence-corrected chi connectivity index (χ1v) is 14.6. The largest absolute Gasteiger partial charge is 0.456 e. The van der Waals surface area contributed by atoms with Gasteiger partial charge >= 0.3 is 0 Å². The van der Waals surface area contributed by atoms with Crippen LogP contribution < -0.4 is 4.74 Å². The van der Waals surface area contributed by atoms with Gasteiger partial charge in [-0.1, -0.05) is 103 Å². The van der Waals surface area contributed by atoms with E-state index < -0.39 is 0 Å². The molecule has 0 fully saturated rings. The van der Waals surface area contributed by atoms with Gasteiger partial charge in [0.2, 0.25) is 0 Å². The maximum absolute atomic E-state index is 7.69. The lowest BCUT2D eigenvalue weighted by molar-refractivity contribution is 0.487. The van der Waals surface area contributed by atoms with E-state index in [0.29, 0.717) is 5.69 Å². The van der Waals surface area contributed by atoms with Gasteiger partial charge in [-0.05, 0) is 41.3 Å². The third kappa shape index (κ3) is 3.60. The summed E-state index contributed by atoms with van der Waals surface area (Å²) in [6.07, 6.45) is 0. The van der Waals surface area contributed by atoms with Gasteiger partial charge in [0.25, 0.3) is 0 Å². The summed E-state index contributed by atoms with van der Waals surface area (Å²) in [5, 5.41) is 4.22. The van der Waals surface area contributed by atoms with Gasteiger partial charge in [0, 0.05) is 38.9 Å². The lowest BCUT2D eigenvalue weighted by Crippen LogP contribution is -2.00. The highest BCUT2D eigenvalue weighted by Gasteiger charge is 2.24. The predicted octanol–water partition coefficient (Wildman–Crippen LogP) is 11.0. The average Bonchev–Trinajstić information content (AvgIpc) is 3.41. The van der Waals surface area contributed by atoms with Crippen molar-refractivity contribution in [2.45, 2.75) is 0 Å². The molecule has 44 heavy (non-hydrogen) atoms. The lowest BCUT2D eigenvalue weighted by Gasteiger charge is -2.22. The summed E-state index contributed by atoms with van der Waals surface area (Å²) in [6.45, 7) is 7.69. The van der Waals surface area contributed by atoms with Crippen LogP contribution in [-0.4, -0.2) is 9.55 Å². The molecule has 0 spiro atoms. The fourth-order valence-corrected chi connectivity index (χ4v) is 6.61. The first kappa shape index (κ1) is 24.4. The fraction of sp³-hybridized carbons (Fsp3) is 0. The normalized spacial score (nSPS) is 11.8. The molecular formula is C40H23N3O. The van der Waals surface area contributed by atoms with Gasteiger partial charge < -0.3 is 9.30 Å². The summed E-state index contributed by atoms with van der Waals surface area (Å²) in [5.74, 6) is 1.58. The minimum Gasteiger partial charge on any atom is -0.456 e. The van der Waals surface area contributed by atoms with Crippen LogP contribution >= 0.6 is 0 Å². The quantitative estimate of drug-likeness (QED) is 0.201. The number of rotatable bonds is 3. The van der Waals surface area contributed by atoms with Crippen LogP contribution in [0.3, 0.4) is 0 Å².